The van der Waals surface area contributed by atoms with Gasteiger partial charge < -0.3 is 19.5 Å². The molecule has 1 fully saturated rings. The summed E-state index contributed by atoms with van der Waals surface area (Å²) in [5, 5.41) is 10.2. The van der Waals surface area contributed by atoms with Crippen LogP contribution in [-0.2, 0) is 6.54 Å². The molecule has 10 nitrogen and oxygen atoms in total. The third kappa shape index (κ3) is 4.27. The summed E-state index contributed by atoms with van der Waals surface area (Å²) in [4.78, 5) is 38.8. The highest BCUT2D eigenvalue weighted by molar-refractivity contribution is 7.98. The summed E-state index contributed by atoms with van der Waals surface area (Å²) < 4.78 is 10.8. The molecule has 0 aliphatic carbocycles. The van der Waals surface area contributed by atoms with Gasteiger partial charge in [0.1, 0.15) is 27.4 Å². The number of fused-ring (bicyclic) bond motifs is 1. The van der Waals surface area contributed by atoms with Crippen molar-refractivity contribution in [2.24, 2.45) is 0 Å². The maximum absolute atomic E-state index is 14.0. The number of carbonyl (C=O) groups is 2. The van der Waals surface area contributed by atoms with E-state index in [9.17, 15) is 14.7 Å². The average Bonchev–Trinajstić information content (AvgIpc) is 2.84. The second-order valence-corrected chi connectivity index (χ2v) is 9.23. The van der Waals surface area contributed by atoms with Crippen molar-refractivity contribution in [2.45, 2.75) is 30.6 Å². The third-order valence-electron chi connectivity index (χ3n) is 5.92. The molecule has 2 aliphatic rings. The Kier molecular flexibility index (Phi) is 7.15. The number of methoxy groups -OCH3 is 2. The molecule has 1 aromatic heterocycles. The van der Waals surface area contributed by atoms with Gasteiger partial charge in [-0.2, -0.15) is 0 Å². The largest absolute Gasteiger partial charge is 0.495 e. The van der Waals surface area contributed by atoms with Crippen molar-refractivity contribution in [1.82, 2.24) is 14.9 Å². The number of halogens is 2. The molecule has 34 heavy (non-hydrogen) atoms. The van der Waals surface area contributed by atoms with Crippen LogP contribution in [0.15, 0.2) is 17.4 Å². The van der Waals surface area contributed by atoms with E-state index in [-0.39, 0.29) is 34.4 Å². The minimum atomic E-state index is -0.973. The van der Waals surface area contributed by atoms with E-state index < -0.39 is 6.09 Å². The molecular formula is C21H23Cl2N5O5S. The molecule has 1 aromatic carbocycles. The minimum absolute atomic E-state index is 0.142. The summed E-state index contributed by atoms with van der Waals surface area (Å²) >= 11 is 14.6. The predicted octanol–water partition coefficient (Wildman–Crippen LogP) is 4.61. The molecule has 4 rings (SSSR count). The van der Waals surface area contributed by atoms with Crippen LogP contribution >= 0.6 is 35.0 Å². The van der Waals surface area contributed by atoms with Gasteiger partial charge >= 0.3 is 12.1 Å². The van der Waals surface area contributed by atoms with Gasteiger partial charge in [0.15, 0.2) is 5.16 Å². The number of likely N-dealkylation sites (tertiary alicyclic amines) is 1. The van der Waals surface area contributed by atoms with E-state index in [4.69, 9.17) is 32.7 Å². The number of nitrogens with zero attached hydrogens (tertiary/aromatic N) is 5. The number of thioether (sulfide) groups is 1. The highest BCUT2D eigenvalue weighted by atomic mass is 35.5. The van der Waals surface area contributed by atoms with Crippen molar-refractivity contribution in [3.63, 3.8) is 0 Å². The average molecular weight is 528 g/mol. The number of rotatable bonds is 5. The Labute approximate surface area is 210 Å². The number of amides is 3. The summed E-state index contributed by atoms with van der Waals surface area (Å²) in [5.74, 6) is 1.13. The second kappa shape index (κ2) is 9.93. The zero-order valence-corrected chi connectivity index (χ0v) is 21.1. The van der Waals surface area contributed by atoms with Crippen molar-refractivity contribution < 1.29 is 24.2 Å². The number of piperidine rings is 1. The Balaban J connectivity index is 1.81. The molecule has 1 saturated heterocycles. The van der Waals surface area contributed by atoms with Gasteiger partial charge in [0, 0.05) is 37.0 Å². The molecule has 0 radical (unpaired) electrons. The van der Waals surface area contributed by atoms with E-state index in [2.05, 4.69) is 9.97 Å². The predicted molar refractivity (Wildman–Crippen MR) is 130 cm³/mol. The van der Waals surface area contributed by atoms with Gasteiger partial charge in [0.05, 0.1) is 26.5 Å². The number of urea groups is 1. The molecule has 0 bridgehead atoms. The third-order valence-corrected chi connectivity index (χ3v) is 7.21. The zero-order valence-electron chi connectivity index (χ0n) is 18.7. The van der Waals surface area contributed by atoms with Crippen LogP contribution in [-0.4, -0.2) is 71.7 Å². The molecule has 2 aliphatic heterocycles. The van der Waals surface area contributed by atoms with E-state index in [1.165, 1.54) is 35.8 Å². The normalized spacial score (nSPS) is 16.5. The van der Waals surface area contributed by atoms with Gasteiger partial charge in [-0.05, 0) is 19.1 Å². The van der Waals surface area contributed by atoms with Crippen molar-refractivity contribution in [3.05, 3.63) is 27.9 Å². The lowest BCUT2D eigenvalue weighted by atomic mass is 10.0. The summed E-state index contributed by atoms with van der Waals surface area (Å²) in [7, 11) is 2.93. The van der Waals surface area contributed by atoms with Crippen LogP contribution in [0.3, 0.4) is 0 Å². The van der Waals surface area contributed by atoms with Crippen LogP contribution in [0.1, 0.15) is 18.4 Å². The smallest absolute Gasteiger partial charge is 0.407 e. The SMILES string of the molecule is COc1cc(OC)c(Cl)c(N2Cc3cnc(SC)nc3N(C3CCN(C(=O)O)CC3)C2=O)c1Cl. The number of carboxylic acid groups (broad SMARTS) is 1. The van der Waals surface area contributed by atoms with E-state index >= 15 is 0 Å². The first-order valence-electron chi connectivity index (χ1n) is 10.4. The monoisotopic (exact) mass is 527 g/mol. The van der Waals surface area contributed by atoms with Crippen molar-refractivity contribution in [3.8, 4) is 11.5 Å². The van der Waals surface area contributed by atoms with Crippen molar-refractivity contribution in [2.75, 3.05) is 43.4 Å². The van der Waals surface area contributed by atoms with Gasteiger partial charge in [0.25, 0.3) is 0 Å². The van der Waals surface area contributed by atoms with Crippen molar-refractivity contribution in [1.29, 1.82) is 0 Å². The first kappa shape index (κ1) is 24.5. The fourth-order valence-corrected chi connectivity index (χ4v) is 5.23. The van der Waals surface area contributed by atoms with Crippen molar-refractivity contribution >= 4 is 58.6 Å². The van der Waals surface area contributed by atoms with E-state index in [0.29, 0.717) is 54.0 Å². The number of aromatic nitrogens is 2. The maximum Gasteiger partial charge on any atom is 0.407 e. The Morgan fingerprint density at radius 3 is 2.32 bits per heavy atom. The van der Waals surface area contributed by atoms with E-state index in [1.807, 2.05) is 6.26 Å². The molecule has 0 saturated carbocycles. The maximum atomic E-state index is 14.0. The van der Waals surface area contributed by atoms with Gasteiger partial charge in [-0.1, -0.05) is 35.0 Å². The lowest BCUT2D eigenvalue weighted by Crippen LogP contribution is -2.55. The van der Waals surface area contributed by atoms with E-state index in [1.54, 1.807) is 17.2 Å². The highest BCUT2D eigenvalue weighted by Gasteiger charge is 2.41. The summed E-state index contributed by atoms with van der Waals surface area (Å²) in [6.45, 7) is 0.769. The highest BCUT2D eigenvalue weighted by Crippen LogP contribution is 2.48. The molecule has 0 spiro atoms. The van der Waals surface area contributed by atoms with Crippen LogP contribution in [0.5, 0.6) is 11.5 Å². The van der Waals surface area contributed by atoms with Crippen LogP contribution in [0.2, 0.25) is 10.0 Å². The lowest BCUT2D eigenvalue weighted by molar-refractivity contribution is 0.132. The summed E-state index contributed by atoms with van der Waals surface area (Å²) in [5.41, 5.74) is 0.976. The van der Waals surface area contributed by atoms with Gasteiger partial charge in [-0.3, -0.25) is 9.80 Å². The zero-order chi connectivity index (χ0) is 24.6. The quantitative estimate of drug-likeness (QED) is 0.443. The van der Waals surface area contributed by atoms with Crippen LogP contribution in [0.25, 0.3) is 0 Å². The second-order valence-electron chi connectivity index (χ2n) is 7.70. The summed E-state index contributed by atoms with van der Waals surface area (Å²) in [6, 6.07) is 0.925. The van der Waals surface area contributed by atoms with Gasteiger partial charge in [0.2, 0.25) is 0 Å². The van der Waals surface area contributed by atoms with Gasteiger partial charge in [-0.15, -0.1) is 0 Å². The molecule has 0 atom stereocenters. The molecular weight excluding hydrogens is 505 g/mol. The van der Waals surface area contributed by atoms with Gasteiger partial charge in [-0.25, -0.2) is 19.6 Å². The fourth-order valence-electron chi connectivity index (χ4n) is 4.19. The van der Waals surface area contributed by atoms with Crippen LogP contribution in [0.4, 0.5) is 21.1 Å². The van der Waals surface area contributed by atoms with Crippen LogP contribution < -0.4 is 19.3 Å². The Morgan fingerprint density at radius 2 is 1.79 bits per heavy atom. The fraction of sp³-hybridized carbons (Fsp3) is 0.429. The number of carbonyl (C=O) groups excluding carboxylic acids is 1. The topological polar surface area (TPSA) is 108 Å². The molecule has 0 unspecified atom stereocenters. The molecule has 13 heteroatoms. The minimum Gasteiger partial charge on any atom is -0.495 e. The molecule has 182 valence electrons. The molecule has 3 heterocycles. The van der Waals surface area contributed by atoms with Crippen LogP contribution in [0, 0.1) is 0 Å². The number of hydrogen-bond acceptors (Lipinski definition) is 7. The first-order chi connectivity index (χ1) is 16.3. The number of ether oxygens (including phenoxy) is 2. The number of benzene rings is 1. The Hall–Kier alpha value is -2.63. The number of hydrogen-bond donors (Lipinski definition) is 1. The Morgan fingerprint density at radius 1 is 1.18 bits per heavy atom. The number of anilines is 2. The van der Waals surface area contributed by atoms with E-state index in [0.717, 1.165) is 0 Å². The summed E-state index contributed by atoms with van der Waals surface area (Å²) in [6.07, 6.45) is 3.50. The standard InChI is InChI=1S/C21H23Cl2N5O5S/c1-32-13-8-14(33-2)16(23)17(15(13)22)27-10-11-9-24-19(34-3)25-18(11)28(20(27)29)12-4-6-26(7-5-12)21(30)31/h8-9,12H,4-7,10H2,1-3H3,(H,30,31). The molecule has 1 N–H and O–H groups in total. The molecule has 2 aromatic rings. The lowest BCUT2D eigenvalue weighted by Gasteiger charge is -2.43. The molecule has 3 amide bonds. The first-order valence-corrected chi connectivity index (χ1v) is 12.4. The Bertz CT molecular complexity index is 1100.